The topological polar surface area (TPSA) is 88.2 Å². The highest BCUT2D eigenvalue weighted by molar-refractivity contribution is 5.77. The standard InChI is InChI=1S/C22H27N9/c1-16(2)31-14-20(27-28-31)17-4-3-5-19(12-17)26-22-21-18(6-9-30(21)25-15-24-22)13-29-10-7-23-8-11-29/h3-6,9,12,14-16,23H,7-8,10-11,13H2,1-2H3,(H,24,25,26). The highest BCUT2D eigenvalue weighted by Gasteiger charge is 2.16. The van der Waals surface area contributed by atoms with E-state index in [2.05, 4.69) is 61.9 Å². The molecule has 5 rings (SSSR count). The van der Waals surface area contributed by atoms with E-state index in [0.29, 0.717) is 0 Å². The van der Waals surface area contributed by atoms with Crippen molar-refractivity contribution < 1.29 is 0 Å². The molecule has 0 unspecified atom stereocenters. The van der Waals surface area contributed by atoms with Crippen LogP contribution in [0.4, 0.5) is 11.5 Å². The van der Waals surface area contributed by atoms with Gasteiger partial charge in [-0.25, -0.2) is 14.2 Å². The van der Waals surface area contributed by atoms with Crippen LogP contribution < -0.4 is 10.6 Å². The van der Waals surface area contributed by atoms with Gasteiger partial charge < -0.3 is 10.6 Å². The first-order valence-corrected chi connectivity index (χ1v) is 10.7. The summed E-state index contributed by atoms with van der Waals surface area (Å²) >= 11 is 0. The van der Waals surface area contributed by atoms with Crippen LogP contribution in [0.2, 0.25) is 0 Å². The van der Waals surface area contributed by atoms with Gasteiger partial charge in [-0.1, -0.05) is 17.3 Å². The molecule has 9 nitrogen and oxygen atoms in total. The quantitative estimate of drug-likeness (QED) is 0.499. The number of fused-ring (bicyclic) bond motifs is 1. The van der Waals surface area contributed by atoms with Gasteiger partial charge in [0.1, 0.15) is 17.5 Å². The molecule has 1 saturated heterocycles. The van der Waals surface area contributed by atoms with Crippen LogP contribution in [0.3, 0.4) is 0 Å². The first kappa shape index (κ1) is 19.7. The van der Waals surface area contributed by atoms with Gasteiger partial charge in [-0.15, -0.1) is 5.10 Å². The van der Waals surface area contributed by atoms with Crippen molar-refractivity contribution in [2.24, 2.45) is 0 Å². The molecule has 1 aliphatic rings. The molecule has 2 N–H and O–H groups in total. The second kappa shape index (κ2) is 8.44. The zero-order valence-corrected chi connectivity index (χ0v) is 17.9. The molecule has 160 valence electrons. The Morgan fingerprint density at radius 1 is 1.16 bits per heavy atom. The van der Waals surface area contributed by atoms with Gasteiger partial charge >= 0.3 is 0 Å². The van der Waals surface area contributed by atoms with E-state index in [1.165, 1.54) is 5.56 Å². The van der Waals surface area contributed by atoms with Crippen LogP contribution in [0, 0.1) is 0 Å². The summed E-state index contributed by atoms with van der Waals surface area (Å²) in [5.74, 6) is 0.799. The Morgan fingerprint density at radius 2 is 2.03 bits per heavy atom. The highest BCUT2D eigenvalue weighted by atomic mass is 15.4. The number of nitrogens with one attached hydrogen (secondary N) is 2. The van der Waals surface area contributed by atoms with E-state index in [4.69, 9.17) is 0 Å². The number of hydrogen-bond donors (Lipinski definition) is 2. The van der Waals surface area contributed by atoms with Crippen molar-refractivity contribution in [2.45, 2.75) is 26.4 Å². The fourth-order valence-electron chi connectivity index (χ4n) is 3.90. The van der Waals surface area contributed by atoms with Gasteiger partial charge in [-0.3, -0.25) is 4.90 Å². The predicted molar refractivity (Wildman–Crippen MR) is 120 cm³/mol. The first-order valence-electron chi connectivity index (χ1n) is 10.7. The summed E-state index contributed by atoms with van der Waals surface area (Å²) in [5, 5.41) is 19.8. The molecule has 0 saturated carbocycles. The lowest BCUT2D eigenvalue weighted by Gasteiger charge is -2.27. The minimum Gasteiger partial charge on any atom is -0.338 e. The van der Waals surface area contributed by atoms with Crippen LogP contribution in [0.25, 0.3) is 16.8 Å². The molecule has 0 aliphatic carbocycles. The minimum absolute atomic E-state index is 0.278. The van der Waals surface area contributed by atoms with Gasteiger partial charge in [-0.05, 0) is 37.6 Å². The van der Waals surface area contributed by atoms with Gasteiger partial charge in [0, 0.05) is 56.2 Å². The molecule has 9 heteroatoms. The van der Waals surface area contributed by atoms with Crippen molar-refractivity contribution in [1.82, 2.24) is 39.8 Å². The van der Waals surface area contributed by atoms with Crippen LogP contribution in [-0.2, 0) is 6.54 Å². The Bertz CT molecular complexity index is 1170. The van der Waals surface area contributed by atoms with Crippen molar-refractivity contribution in [3.63, 3.8) is 0 Å². The van der Waals surface area contributed by atoms with E-state index in [1.807, 2.05) is 39.8 Å². The van der Waals surface area contributed by atoms with Crippen LogP contribution in [-0.4, -0.2) is 60.7 Å². The molecule has 31 heavy (non-hydrogen) atoms. The number of benzene rings is 1. The predicted octanol–water partition coefficient (Wildman–Crippen LogP) is 2.72. The molecule has 1 aliphatic heterocycles. The summed E-state index contributed by atoms with van der Waals surface area (Å²) in [6.07, 6.45) is 5.56. The van der Waals surface area contributed by atoms with Gasteiger partial charge in [0.05, 0.1) is 6.20 Å². The summed E-state index contributed by atoms with van der Waals surface area (Å²) in [6.45, 7) is 9.22. The number of piperazine rings is 1. The number of nitrogens with zero attached hydrogens (tertiary/aromatic N) is 7. The van der Waals surface area contributed by atoms with E-state index in [-0.39, 0.29) is 6.04 Å². The Labute approximate surface area is 181 Å². The minimum atomic E-state index is 0.278. The molecule has 1 aromatic carbocycles. The largest absolute Gasteiger partial charge is 0.338 e. The monoisotopic (exact) mass is 417 g/mol. The Morgan fingerprint density at radius 3 is 2.84 bits per heavy atom. The average Bonchev–Trinajstić information content (AvgIpc) is 3.43. The zero-order chi connectivity index (χ0) is 21.2. The molecule has 4 heterocycles. The average molecular weight is 418 g/mol. The normalized spacial score (nSPS) is 15.1. The van der Waals surface area contributed by atoms with Crippen molar-refractivity contribution in [3.8, 4) is 11.3 Å². The molecule has 4 aromatic rings. The van der Waals surface area contributed by atoms with E-state index in [0.717, 1.165) is 61.0 Å². The molecule has 0 radical (unpaired) electrons. The van der Waals surface area contributed by atoms with Crippen molar-refractivity contribution in [2.75, 3.05) is 31.5 Å². The molecule has 1 fully saturated rings. The fraction of sp³-hybridized carbons (Fsp3) is 0.364. The zero-order valence-electron chi connectivity index (χ0n) is 17.9. The molecule has 0 atom stereocenters. The summed E-state index contributed by atoms with van der Waals surface area (Å²) in [4.78, 5) is 7.01. The number of aromatic nitrogens is 6. The third kappa shape index (κ3) is 4.14. The summed E-state index contributed by atoms with van der Waals surface area (Å²) in [5.41, 5.74) is 5.05. The molecule has 0 amide bonds. The lowest BCUT2D eigenvalue weighted by atomic mass is 10.1. The summed E-state index contributed by atoms with van der Waals surface area (Å²) < 4.78 is 3.76. The number of anilines is 2. The SMILES string of the molecule is CC(C)n1cc(-c2cccc(Nc3ncnn4ccc(CN5CCNCC5)c34)c2)nn1. The van der Waals surface area contributed by atoms with Crippen LogP contribution in [0.15, 0.2) is 49.1 Å². The third-order valence-corrected chi connectivity index (χ3v) is 5.60. The van der Waals surface area contributed by atoms with Gasteiger partial charge in [0.15, 0.2) is 5.82 Å². The highest BCUT2D eigenvalue weighted by Crippen LogP contribution is 2.27. The van der Waals surface area contributed by atoms with Gasteiger partial charge in [-0.2, -0.15) is 5.10 Å². The lowest BCUT2D eigenvalue weighted by Crippen LogP contribution is -2.42. The summed E-state index contributed by atoms with van der Waals surface area (Å²) in [6, 6.07) is 10.6. The Kier molecular flexibility index (Phi) is 5.35. The van der Waals surface area contributed by atoms with Crippen LogP contribution >= 0.6 is 0 Å². The molecular formula is C22H27N9. The second-order valence-electron chi connectivity index (χ2n) is 8.15. The van der Waals surface area contributed by atoms with Gasteiger partial charge in [0.2, 0.25) is 0 Å². The van der Waals surface area contributed by atoms with Crippen LogP contribution in [0.1, 0.15) is 25.5 Å². The van der Waals surface area contributed by atoms with Gasteiger partial charge in [0.25, 0.3) is 0 Å². The number of rotatable bonds is 6. The second-order valence-corrected chi connectivity index (χ2v) is 8.15. The van der Waals surface area contributed by atoms with Crippen molar-refractivity contribution >= 4 is 17.0 Å². The third-order valence-electron chi connectivity index (χ3n) is 5.60. The summed E-state index contributed by atoms with van der Waals surface area (Å²) in [7, 11) is 0. The molecular weight excluding hydrogens is 390 g/mol. The number of hydrogen-bond acceptors (Lipinski definition) is 7. The van der Waals surface area contributed by atoms with Crippen molar-refractivity contribution in [1.29, 1.82) is 0 Å². The maximum Gasteiger partial charge on any atom is 0.158 e. The molecule has 0 spiro atoms. The maximum atomic E-state index is 4.55. The van der Waals surface area contributed by atoms with Crippen LogP contribution in [0.5, 0.6) is 0 Å². The van der Waals surface area contributed by atoms with E-state index < -0.39 is 0 Å². The molecule has 3 aromatic heterocycles. The maximum absolute atomic E-state index is 4.55. The van der Waals surface area contributed by atoms with E-state index in [1.54, 1.807) is 6.33 Å². The fourth-order valence-corrected chi connectivity index (χ4v) is 3.90. The van der Waals surface area contributed by atoms with E-state index in [9.17, 15) is 0 Å². The molecule has 0 bridgehead atoms. The Hall–Kier alpha value is -3.30. The smallest absolute Gasteiger partial charge is 0.158 e. The van der Waals surface area contributed by atoms with Crippen molar-refractivity contribution in [3.05, 3.63) is 54.6 Å². The first-order chi connectivity index (χ1) is 15.2. The van der Waals surface area contributed by atoms with E-state index >= 15 is 0 Å². The lowest BCUT2D eigenvalue weighted by molar-refractivity contribution is 0.234. The Balaban J connectivity index is 1.43.